The number of fused-ring (bicyclic) bond motifs is 1. The minimum absolute atomic E-state index is 0.00240. The van der Waals surface area contributed by atoms with Crippen molar-refractivity contribution in [2.45, 2.75) is 37.4 Å². The Balaban J connectivity index is 1.17. The lowest BCUT2D eigenvalue weighted by Gasteiger charge is -2.42. The molecule has 0 radical (unpaired) electrons. The number of pyridine rings is 1. The number of rotatable bonds is 5. The number of hydrogen-bond acceptors (Lipinski definition) is 4. The number of nitrogens with zero attached hydrogens (tertiary/aromatic N) is 3. The third kappa shape index (κ3) is 3.82. The molecule has 1 amide bonds. The second kappa shape index (κ2) is 8.33. The first-order valence-corrected chi connectivity index (χ1v) is 12.7. The first-order valence-electron chi connectivity index (χ1n) is 11.2. The second-order valence-corrected chi connectivity index (χ2v) is 11.1. The van der Waals surface area contributed by atoms with Gasteiger partial charge in [0.2, 0.25) is 15.9 Å². The van der Waals surface area contributed by atoms with Crippen molar-refractivity contribution < 1.29 is 13.2 Å². The van der Waals surface area contributed by atoms with Crippen LogP contribution in [0.15, 0.2) is 48.8 Å². The Morgan fingerprint density at radius 1 is 1.12 bits per heavy atom. The molecule has 5 rings (SSSR count). The van der Waals surface area contributed by atoms with Crippen molar-refractivity contribution in [1.82, 2.24) is 19.2 Å². The van der Waals surface area contributed by atoms with Gasteiger partial charge in [-0.1, -0.05) is 24.3 Å². The number of piperidine rings is 1. The molecular formula is C24H28N4O3S. The zero-order valence-electron chi connectivity index (χ0n) is 18.2. The summed E-state index contributed by atoms with van der Waals surface area (Å²) in [5.74, 6) is 0.324. The van der Waals surface area contributed by atoms with Crippen molar-refractivity contribution in [3.8, 4) is 0 Å². The summed E-state index contributed by atoms with van der Waals surface area (Å²) in [6, 6.07) is 11.8. The average molecular weight is 453 g/mol. The van der Waals surface area contributed by atoms with Gasteiger partial charge >= 0.3 is 0 Å². The largest absolute Gasteiger partial charge is 0.346 e. The lowest BCUT2D eigenvalue weighted by molar-refractivity contribution is -0.133. The molecular weight excluding hydrogens is 424 g/mol. The molecule has 0 bridgehead atoms. The molecule has 0 atom stereocenters. The Kier molecular flexibility index (Phi) is 5.51. The summed E-state index contributed by atoms with van der Waals surface area (Å²) in [6.45, 7) is 3.62. The highest BCUT2D eigenvalue weighted by molar-refractivity contribution is 7.89. The van der Waals surface area contributed by atoms with Crippen LogP contribution in [-0.4, -0.2) is 64.9 Å². The van der Waals surface area contributed by atoms with Crippen LogP contribution in [0.5, 0.6) is 0 Å². The van der Waals surface area contributed by atoms with E-state index in [1.54, 1.807) is 15.4 Å². The van der Waals surface area contributed by atoms with Crippen LogP contribution in [0.25, 0.3) is 11.0 Å². The van der Waals surface area contributed by atoms with Gasteiger partial charge in [0.1, 0.15) is 10.9 Å². The Hall–Kier alpha value is -2.71. The zero-order valence-corrected chi connectivity index (χ0v) is 19.0. The Morgan fingerprint density at radius 2 is 1.88 bits per heavy atom. The van der Waals surface area contributed by atoms with Gasteiger partial charge in [0.25, 0.3) is 0 Å². The number of aryl methyl sites for hydroxylation is 1. The number of sulfonamides is 1. The molecule has 32 heavy (non-hydrogen) atoms. The number of benzene rings is 1. The van der Waals surface area contributed by atoms with Crippen LogP contribution in [0.2, 0.25) is 0 Å². The summed E-state index contributed by atoms with van der Waals surface area (Å²) in [5, 5.41) is 0.632. The van der Waals surface area contributed by atoms with Gasteiger partial charge in [-0.15, -0.1) is 0 Å². The van der Waals surface area contributed by atoms with E-state index in [-0.39, 0.29) is 5.91 Å². The third-order valence-corrected chi connectivity index (χ3v) is 9.19. The van der Waals surface area contributed by atoms with Crippen molar-refractivity contribution in [1.29, 1.82) is 0 Å². The van der Waals surface area contributed by atoms with Crippen molar-refractivity contribution in [2.24, 2.45) is 0 Å². The zero-order chi connectivity index (χ0) is 22.3. The minimum Gasteiger partial charge on any atom is -0.346 e. The van der Waals surface area contributed by atoms with E-state index in [1.807, 2.05) is 43.5 Å². The van der Waals surface area contributed by atoms with E-state index in [0.29, 0.717) is 38.5 Å². The van der Waals surface area contributed by atoms with Crippen LogP contribution in [-0.2, 0) is 21.2 Å². The summed E-state index contributed by atoms with van der Waals surface area (Å²) in [7, 11) is -3.39. The lowest BCUT2D eigenvalue weighted by Crippen LogP contribution is -2.60. The molecule has 3 aromatic rings. The van der Waals surface area contributed by atoms with E-state index >= 15 is 0 Å². The average Bonchev–Trinajstić information content (AvgIpc) is 3.18. The highest BCUT2D eigenvalue weighted by atomic mass is 32.2. The van der Waals surface area contributed by atoms with E-state index in [2.05, 4.69) is 16.0 Å². The maximum Gasteiger partial charge on any atom is 0.227 e. The SMILES string of the molecule is Cc1ccccc1CC(=O)N1CC(S(=O)(=O)N2CCC(c3c[nH]c4ncccc34)CC2)C1. The van der Waals surface area contributed by atoms with Gasteiger partial charge in [0.05, 0.1) is 6.42 Å². The van der Waals surface area contributed by atoms with Crippen LogP contribution >= 0.6 is 0 Å². The van der Waals surface area contributed by atoms with E-state index in [0.717, 1.165) is 35.0 Å². The molecule has 2 aliphatic rings. The van der Waals surface area contributed by atoms with Gasteiger partial charge in [-0.3, -0.25) is 4.79 Å². The number of carbonyl (C=O) groups is 1. The first-order chi connectivity index (χ1) is 15.4. The summed E-state index contributed by atoms with van der Waals surface area (Å²) in [4.78, 5) is 21.8. The lowest BCUT2D eigenvalue weighted by atomic mass is 9.90. The fourth-order valence-electron chi connectivity index (χ4n) is 4.86. The Morgan fingerprint density at radius 3 is 2.62 bits per heavy atom. The molecule has 1 aromatic carbocycles. The predicted octanol–water partition coefficient (Wildman–Crippen LogP) is 2.83. The molecule has 0 unspecified atom stereocenters. The van der Waals surface area contributed by atoms with Gasteiger partial charge in [-0.2, -0.15) is 0 Å². The highest BCUT2D eigenvalue weighted by Crippen LogP contribution is 2.34. The molecule has 0 aliphatic carbocycles. The predicted molar refractivity (Wildman–Crippen MR) is 124 cm³/mol. The fourth-order valence-corrected chi connectivity index (χ4v) is 6.74. The van der Waals surface area contributed by atoms with Crippen molar-refractivity contribution in [3.05, 3.63) is 65.5 Å². The van der Waals surface area contributed by atoms with E-state index in [1.165, 1.54) is 5.56 Å². The summed E-state index contributed by atoms with van der Waals surface area (Å²) < 4.78 is 27.9. The van der Waals surface area contributed by atoms with E-state index in [4.69, 9.17) is 0 Å². The van der Waals surface area contributed by atoms with Gasteiger partial charge < -0.3 is 9.88 Å². The van der Waals surface area contributed by atoms with Gasteiger partial charge in [-0.05, 0) is 54.5 Å². The molecule has 0 saturated carbocycles. The Bertz CT molecular complexity index is 1240. The maximum absolute atomic E-state index is 13.1. The number of H-pyrrole nitrogens is 1. The number of likely N-dealkylation sites (tertiary alicyclic amines) is 1. The number of carbonyl (C=O) groups excluding carboxylic acids is 1. The molecule has 2 aromatic heterocycles. The molecule has 4 heterocycles. The monoisotopic (exact) mass is 452 g/mol. The normalized spacial score (nSPS) is 18.7. The van der Waals surface area contributed by atoms with Crippen LogP contribution in [0.3, 0.4) is 0 Å². The van der Waals surface area contributed by atoms with Gasteiger partial charge in [-0.25, -0.2) is 17.7 Å². The van der Waals surface area contributed by atoms with Crippen molar-refractivity contribution in [2.75, 3.05) is 26.2 Å². The minimum atomic E-state index is -3.39. The number of amides is 1. The van der Waals surface area contributed by atoms with E-state index in [9.17, 15) is 13.2 Å². The van der Waals surface area contributed by atoms with Crippen LogP contribution in [0, 0.1) is 6.92 Å². The van der Waals surface area contributed by atoms with Crippen LogP contribution in [0.1, 0.15) is 35.4 Å². The number of nitrogens with one attached hydrogen (secondary N) is 1. The smallest absolute Gasteiger partial charge is 0.227 e. The van der Waals surface area contributed by atoms with Crippen LogP contribution in [0.4, 0.5) is 0 Å². The highest BCUT2D eigenvalue weighted by Gasteiger charge is 2.43. The van der Waals surface area contributed by atoms with Gasteiger partial charge in [0, 0.05) is 44.0 Å². The first kappa shape index (κ1) is 21.2. The molecule has 0 spiro atoms. The van der Waals surface area contributed by atoms with Gasteiger partial charge in [0.15, 0.2) is 0 Å². The summed E-state index contributed by atoms with van der Waals surface area (Å²) in [5.41, 5.74) is 4.18. The molecule has 2 fully saturated rings. The fraction of sp³-hybridized carbons (Fsp3) is 0.417. The van der Waals surface area contributed by atoms with Crippen molar-refractivity contribution >= 4 is 27.0 Å². The van der Waals surface area contributed by atoms with E-state index < -0.39 is 15.3 Å². The standard InChI is InChI=1S/C24H28N4O3S/c1-17-5-2-3-6-19(17)13-23(29)27-15-20(16-27)32(30,31)28-11-8-18(9-12-28)22-14-26-24-21(22)7-4-10-25-24/h2-7,10,14,18,20H,8-9,11-13,15-16H2,1H3,(H,25,26). The number of aromatic amines is 1. The summed E-state index contributed by atoms with van der Waals surface area (Å²) in [6.07, 6.45) is 5.69. The molecule has 7 nitrogen and oxygen atoms in total. The Labute approximate surface area is 188 Å². The molecule has 168 valence electrons. The van der Waals surface area contributed by atoms with Crippen molar-refractivity contribution in [3.63, 3.8) is 0 Å². The molecule has 2 saturated heterocycles. The topological polar surface area (TPSA) is 86.4 Å². The molecule has 1 N–H and O–H groups in total. The maximum atomic E-state index is 13.1. The number of aromatic nitrogens is 2. The second-order valence-electron chi connectivity index (χ2n) is 8.89. The van der Waals surface area contributed by atoms with Crippen LogP contribution < -0.4 is 0 Å². The molecule has 8 heteroatoms. The quantitative estimate of drug-likeness (QED) is 0.645. The third-order valence-electron chi connectivity index (χ3n) is 6.96. The summed E-state index contributed by atoms with van der Waals surface area (Å²) >= 11 is 0. The molecule has 2 aliphatic heterocycles. The number of hydrogen-bond donors (Lipinski definition) is 1.